The molecule has 0 aliphatic carbocycles. The molecule has 1 N–H and O–H groups in total. The predicted molar refractivity (Wildman–Crippen MR) is 98.1 cm³/mol. The van der Waals surface area contributed by atoms with Crippen LogP contribution < -0.4 is 5.32 Å². The van der Waals surface area contributed by atoms with Crippen LogP contribution in [-0.4, -0.2) is 53.8 Å². The number of esters is 1. The molecule has 0 saturated carbocycles. The van der Waals surface area contributed by atoms with Crippen LogP contribution in [0, 0.1) is 10.1 Å². The average Bonchev–Trinajstić information content (AvgIpc) is 2.63. The maximum Gasteiger partial charge on any atom is 0.308 e. The normalized spacial score (nSPS) is 10.0. The van der Waals surface area contributed by atoms with E-state index in [-0.39, 0.29) is 36.7 Å². The van der Waals surface area contributed by atoms with Crippen molar-refractivity contribution in [1.82, 2.24) is 10.2 Å². The van der Waals surface area contributed by atoms with Crippen molar-refractivity contribution in [3.05, 3.63) is 52.1 Å². The zero-order chi connectivity index (χ0) is 20.4. The van der Waals surface area contributed by atoms with Crippen molar-refractivity contribution in [2.75, 3.05) is 26.2 Å². The van der Waals surface area contributed by atoms with Gasteiger partial charge in [-0.25, -0.2) is 0 Å². The number of nitrogens with one attached hydrogen (secondary N) is 1. The highest BCUT2D eigenvalue weighted by molar-refractivity contribution is 5.94. The Hall–Kier alpha value is -3.23. The summed E-state index contributed by atoms with van der Waals surface area (Å²) >= 11 is 0. The van der Waals surface area contributed by atoms with Gasteiger partial charge in [0.2, 0.25) is 0 Å². The fraction of sp³-hybridized carbons (Fsp3) is 0.389. The highest BCUT2D eigenvalue weighted by atomic mass is 16.6. The van der Waals surface area contributed by atoms with Crippen molar-refractivity contribution in [2.45, 2.75) is 20.3 Å². The van der Waals surface area contributed by atoms with Crippen molar-refractivity contribution < 1.29 is 24.0 Å². The number of likely N-dealkylation sites (N-methyl/N-ethyl adjacent to an activating group) is 1. The molecular weight excluding hydrogens is 354 g/mol. The lowest BCUT2D eigenvalue weighted by Crippen LogP contribution is -2.36. The van der Waals surface area contributed by atoms with Crippen molar-refractivity contribution in [3.63, 3.8) is 0 Å². The van der Waals surface area contributed by atoms with Gasteiger partial charge in [-0.15, -0.1) is 0 Å². The van der Waals surface area contributed by atoms with E-state index in [1.54, 1.807) is 6.92 Å². The second kappa shape index (κ2) is 10.7. The van der Waals surface area contributed by atoms with Crippen LogP contribution >= 0.6 is 0 Å². The van der Waals surface area contributed by atoms with Crippen LogP contribution in [0.3, 0.4) is 0 Å². The highest BCUT2D eigenvalue weighted by Crippen LogP contribution is 2.11. The number of benzene rings is 1. The van der Waals surface area contributed by atoms with Crippen LogP contribution in [0.15, 0.2) is 36.4 Å². The average molecular weight is 377 g/mol. The van der Waals surface area contributed by atoms with E-state index < -0.39 is 16.8 Å². The molecule has 0 aliphatic heterocycles. The number of carbonyl (C=O) groups excluding carboxylic acids is 3. The fourth-order valence-electron chi connectivity index (χ4n) is 2.12. The van der Waals surface area contributed by atoms with Crippen LogP contribution in [0.25, 0.3) is 0 Å². The summed E-state index contributed by atoms with van der Waals surface area (Å²) in [6, 6.07) is 5.09. The van der Waals surface area contributed by atoms with Gasteiger partial charge in [-0.1, -0.05) is 12.2 Å². The summed E-state index contributed by atoms with van der Waals surface area (Å²) in [5.74, 6) is -1.39. The molecule has 1 aromatic carbocycles. The quantitative estimate of drug-likeness (QED) is 0.287. The van der Waals surface area contributed by atoms with E-state index in [0.717, 1.165) is 5.57 Å². The third-order valence-corrected chi connectivity index (χ3v) is 3.51. The first-order valence-electron chi connectivity index (χ1n) is 8.35. The number of amides is 2. The minimum Gasteiger partial charge on any atom is -0.456 e. The van der Waals surface area contributed by atoms with Gasteiger partial charge in [0, 0.05) is 37.3 Å². The second-order valence-corrected chi connectivity index (χ2v) is 5.84. The summed E-state index contributed by atoms with van der Waals surface area (Å²) in [7, 11) is 0. The molecule has 0 aromatic heterocycles. The molecule has 9 heteroatoms. The Bertz CT molecular complexity index is 714. The maximum absolute atomic E-state index is 11.9. The highest BCUT2D eigenvalue weighted by Gasteiger charge is 2.15. The number of nitrogens with zero attached hydrogens (tertiary/aromatic N) is 2. The van der Waals surface area contributed by atoms with E-state index in [2.05, 4.69) is 11.9 Å². The van der Waals surface area contributed by atoms with Crippen LogP contribution in [0.1, 0.15) is 30.6 Å². The van der Waals surface area contributed by atoms with Crippen molar-refractivity contribution in [2.24, 2.45) is 0 Å². The molecule has 27 heavy (non-hydrogen) atoms. The molecule has 0 heterocycles. The summed E-state index contributed by atoms with van der Waals surface area (Å²) in [4.78, 5) is 47.1. The van der Waals surface area contributed by atoms with Crippen LogP contribution in [0.4, 0.5) is 5.69 Å². The lowest BCUT2D eigenvalue weighted by Gasteiger charge is -2.20. The van der Waals surface area contributed by atoms with E-state index in [9.17, 15) is 24.5 Å². The predicted octanol–water partition coefficient (Wildman–Crippen LogP) is 1.68. The molecule has 0 radical (unpaired) electrons. The minimum absolute atomic E-state index is 0.0199. The lowest BCUT2D eigenvalue weighted by atomic mass is 10.2. The first kappa shape index (κ1) is 21.8. The molecule has 0 bridgehead atoms. The van der Waals surface area contributed by atoms with Crippen LogP contribution in [-0.2, 0) is 14.3 Å². The third-order valence-electron chi connectivity index (χ3n) is 3.51. The standard InChI is InChI=1S/C18H23N3O6/c1-4-20(11-13(2)3)16(22)12-27-17(23)9-10-19-18(24)14-5-7-15(8-6-14)21(25)26/h5-8H,2,4,9-12H2,1,3H3,(H,19,24). The van der Waals surface area contributed by atoms with Crippen molar-refractivity contribution in [3.8, 4) is 0 Å². The number of carbonyl (C=O) groups is 3. The molecule has 146 valence electrons. The first-order chi connectivity index (χ1) is 12.7. The monoisotopic (exact) mass is 377 g/mol. The molecule has 0 atom stereocenters. The summed E-state index contributed by atoms with van der Waals surface area (Å²) in [5, 5.41) is 13.1. The van der Waals surface area contributed by atoms with Gasteiger partial charge >= 0.3 is 5.97 Å². The Labute approximate surface area is 157 Å². The third kappa shape index (κ3) is 7.68. The number of hydrogen-bond acceptors (Lipinski definition) is 6. The van der Waals surface area contributed by atoms with Gasteiger partial charge in [0.1, 0.15) is 0 Å². The zero-order valence-electron chi connectivity index (χ0n) is 15.4. The number of nitro benzene ring substituents is 1. The second-order valence-electron chi connectivity index (χ2n) is 5.84. The van der Waals surface area contributed by atoms with Gasteiger partial charge < -0.3 is 15.0 Å². The number of non-ortho nitro benzene ring substituents is 1. The number of ether oxygens (including phenoxy) is 1. The fourth-order valence-corrected chi connectivity index (χ4v) is 2.12. The molecule has 0 unspecified atom stereocenters. The van der Waals surface area contributed by atoms with E-state index >= 15 is 0 Å². The summed E-state index contributed by atoms with van der Waals surface area (Å²) in [5.41, 5.74) is 0.945. The Morgan fingerprint density at radius 1 is 1.26 bits per heavy atom. The Kier molecular flexibility index (Phi) is 8.64. The summed E-state index contributed by atoms with van der Waals surface area (Å²) in [6.45, 7) is 7.89. The zero-order valence-corrected chi connectivity index (χ0v) is 15.4. The smallest absolute Gasteiger partial charge is 0.308 e. The van der Waals surface area contributed by atoms with E-state index in [1.807, 2.05) is 6.92 Å². The van der Waals surface area contributed by atoms with Crippen LogP contribution in [0.2, 0.25) is 0 Å². The van der Waals surface area contributed by atoms with Gasteiger partial charge in [0.15, 0.2) is 6.61 Å². The Morgan fingerprint density at radius 2 is 1.89 bits per heavy atom. The molecule has 1 rings (SSSR count). The molecule has 0 saturated heterocycles. The van der Waals surface area contributed by atoms with Crippen LogP contribution in [0.5, 0.6) is 0 Å². The molecule has 9 nitrogen and oxygen atoms in total. The van der Waals surface area contributed by atoms with E-state index in [1.165, 1.54) is 29.2 Å². The summed E-state index contributed by atoms with van der Waals surface area (Å²) < 4.78 is 4.91. The van der Waals surface area contributed by atoms with Gasteiger partial charge in [-0.05, 0) is 26.0 Å². The summed E-state index contributed by atoms with van der Waals surface area (Å²) in [6.07, 6.45) is -0.0986. The molecule has 0 fully saturated rings. The number of nitro groups is 1. The number of hydrogen-bond donors (Lipinski definition) is 1. The molecule has 1 aromatic rings. The Balaban J connectivity index is 2.35. The lowest BCUT2D eigenvalue weighted by molar-refractivity contribution is -0.384. The van der Waals surface area contributed by atoms with Gasteiger partial charge in [-0.2, -0.15) is 0 Å². The molecule has 0 aliphatic rings. The topological polar surface area (TPSA) is 119 Å². The van der Waals surface area contributed by atoms with Gasteiger partial charge in [0.05, 0.1) is 11.3 Å². The van der Waals surface area contributed by atoms with E-state index in [0.29, 0.717) is 13.1 Å². The van der Waals surface area contributed by atoms with Gasteiger partial charge in [-0.3, -0.25) is 24.5 Å². The minimum atomic E-state index is -0.612. The largest absolute Gasteiger partial charge is 0.456 e. The number of rotatable bonds is 10. The molecule has 2 amide bonds. The first-order valence-corrected chi connectivity index (χ1v) is 8.35. The SMILES string of the molecule is C=C(C)CN(CC)C(=O)COC(=O)CCNC(=O)c1ccc([N+](=O)[O-])cc1. The van der Waals surface area contributed by atoms with E-state index in [4.69, 9.17) is 4.74 Å². The van der Waals surface area contributed by atoms with Gasteiger partial charge in [0.25, 0.3) is 17.5 Å². The van der Waals surface area contributed by atoms with Crippen molar-refractivity contribution in [1.29, 1.82) is 0 Å². The molecular formula is C18H23N3O6. The Morgan fingerprint density at radius 3 is 2.41 bits per heavy atom. The maximum atomic E-state index is 11.9. The van der Waals surface area contributed by atoms with Crippen molar-refractivity contribution >= 4 is 23.5 Å². The molecule has 0 spiro atoms.